The number of nitrogen functional groups attached to an aromatic ring is 1. The van der Waals surface area contributed by atoms with Crippen LogP contribution in [0.4, 0.5) is 17.1 Å². The summed E-state index contributed by atoms with van der Waals surface area (Å²) in [4.78, 5) is 14.1. The highest BCUT2D eigenvalue weighted by Gasteiger charge is 2.16. The van der Waals surface area contributed by atoms with Gasteiger partial charge in [0.05, 0.1) is 11.4 Å². The summed E-state index contributed by atoms with van der Waals surface area (Å²) in [6, 6.07) is 7.57. The van der Waals surface area contributed by atoms with Crippen molar-refractivity contribution < 1.29 is 4.79 Å². The van der Waals surface area contributed by atoms with Crippen LogP contribution in [0.5, 0.6) is 0 Å². The molecule has 0 saturated heterocycles. The Bertz CT molecular complexity index is 618. The second-order valence-corrected chi connectivity index (χ2v) is 4.72. The van der Waals surface area contributed by atoms with Crippen LogP contribution in [-0.4, -0.2) is 30.2 Å². The molecule has 0 fully saturated rings. The number of amides is 1. The number of hydrogen-bond donors (Lipinski definition) is 3. The quantitative estimate of drug-likeness (QED) is 0.793. The van der Waals surface area contributed by atoms with Crippen molar-refractivity contribution in [2.24, 2.45) is 0 Å². The van der Waals surface area contributed by atoms with Crippen molar-refractivity contribution in [3.8, 4) is 0 Å². The van der Waals surface area contributed by atoms with E-state index in [1.165, 1.54) is 0 Å². The van der Waals surface area contributed by atoms with E-state index in [0.29, 0.717) is 17.8 Å². The lowest BCUT2D eigenvalue weighted by molar-refractivity contribution is 0.102. The molecule has 1 aromatic carbocycles. The molecule has 0 unspecified atom stereocenters. The minimum atomic E-state index is -0.311. The first-order valence-electron chi connectivity index (χ1n) is 6.44. The number of anilines is 3. The molecular weight excluding hydrogens is 254 g/mol. The number of aromatic amines is 1. The number of nitrogens with one attached hydrogen (secondary N) is 2. The number of carbonyl (C=O) groups is 1. The Kier molecular flexibility index (Phi) is 3.93. The predicted octanol–water partition coefficient (Wildman–Crippen LogP) is 1.87. The molecule has 106 valence electrons. The number of rotatable bonds is 4. The second kappa shape index (κ2) is 5.64. The molecule has 20 heavy (non-hydrogen) atoms. The highest BCUT2D eigenvalue weighted by Crippen LogP contribution is 2.20. The lowest BCUT2D eigenvalue weighted by Crippen LogP contribution is -2.15. The Balaban J connectivity index is 2.19. The molecule has 1 amide bonds. The monoisotopic (exact) mass is 273 g/mol. The maximum absolute atomic E-state index is 12.2. The summed E-state index contributed by atoms with van der Waals surface area (Å²) < 4.78 is 0. The third-order valence-corrected chi connectivity index (χ3v) is 3.07. The van der Waals surface area contributed by atoms with Gasteiger partial charge in [-0.1, -0.05) is 13.0 Å². The van der Waals surface area contributed by atoms with Gasteiger partial charge in [0.15, 0.2) is 5.69 Å². The minimum absolute atomic E-state index is 0.233. The van der Waals surface area contributed by atoms with Crippen LogP contribution < -0.4 is 16.0 Å². The molecule has 0 aliphatic heterocycles. The normalized spacial score (nSPS) is 10.3. The average molecular weight is 273 g/mol. The number of aromatic nitrogens is 2. The fourth-order valence-corrected chi connectivity index (χ4v) is 1.88. The van der Waals surface area contributed by atoms with Gasteiger partial charge in [-0.15, -0.1) is 0 Å². The molecule has 2 rings (SSSR count). The molecule has 0 saturated carbocycles. The summed E-state index contributed by atoms with van der Waals surface area (Å²) >= 11 is 0. The van der Waals surface area contributed by atoms with Crippen LogP contribution in [0.25, 0.3) is 0 Å². The van der Waals surface area contributed by atoms with Gasteiger partial charge in [-0.3, -0.25) is 9.89 Å². The van der Waals surface area contributed by atoms with Crippen LogP contribution in [0.15, 0.2) is 24.3 Å². The zero-order valence-corrected chi connectivity index (χ0v) is 11.9. The molecule has 4 N–H and O–H groups in total. The van der Waals surface area contributed by atoms with Gasteiger partial charge in [-0.05, 0) is 24.6 Å². The maximum Gasteiger partial charge on any atom is 0.278 e. The Hall–Kier alpha value is -2.50. The molecule has 1 heterocycles. The molecule has 0 spiro atoms. The van der Waals surface area contributed by atoms with Crippen LogP contribution in [0.3, 0.4) is 0 Å². The van der Waals surface area contributed by atoms with Gasteiger partial charge in [0.1, 0.15) is 0 Å². The number of aryl methyl sites for hydroxylation is 1. The van der Waals surface area contributed by atoms with E-state index < -0.39 is 0 Å². The largest absolute Gasteiger partial charge is 0.395 e. The van der Waals surface area contributed by atoms with Crippen LogP contribution in [-0.2, 0) is 6.42 Å². The number of carbonyl (C=O) groups excluding carboxylic acids is 1. The number of benzene rings is 1. The first-order chi connectivity index (χ1) is 9.52. The number of nitrogens with zero attached hydrogens (tertiary/aromatic N) is 2. The molecule has 0 aliphatic carbocycles. The predicted molar refractivity (Wildman–Crippen MR) is 81.1 cm³/mol. The van der Waals surface area contributed by atoms with Crippen LogP contribution in [0, 0.1) is 0 Å². The summed E-state index contributed by atoms with van der Waals surface area (Å²) in [6.45, 7) is 1.95. The van der Waals surface area contributed by atoms with Gasteiger partial charge >= 0.3 is 0 Å². The van der Waals surface area contributed by atoms with Gasteiger partial charge in [0, 0.05) is 25.5 Å². The highest BCUT2D eigenvalue weighted by atomic mass is 16.2. The zero-order chi connectivity index (χ0) is 14.7. The van der Waals surface area contributed by atoms with Crippen molar-refractivity contribution in [2.45, 2.75) is 13.3 Å². The van der Waals surface area contributed by atoms with E-state index in [0.717, 1.165) is 11.4 Å². The average Bonchev–Trinajstić information content (AvgIpc) is 2.80. The van der Waals surface area contributed by atoms with E-state index in [9.17, 15) is 4.79 Å². The van der Waals surface area contributed by atoms with E-state index in [1.54, 1.807) is 0 Å². The van der Waals surface area contributed by atoms with E-state index in [4.69, 9.17) is 5.73 Å². The molecule has 6 heteroatoms. The Morgan fingerprint density at radius 3 is 2.80 bits per heavy atom. The number of H-pyrrole nitrogens is 1. The van der Waals surface area contributed by atoms with E-state index in [-0.39, 0.29) is 11.6 Å². The van der Waals surface area contributed by atoms with E-state index in [1.807, 2.05) is 50.2 Å². The minimum Gasteiger partial charge on any atom is -0.395 e. The van der Waals surface area contributed by atoms with Crippen molar-refractivity contribution >= 4 is 23.0 Å². The lowest BCUT2D eigenvalue weighted by atomic mass is 10.2. The van der Waals surface area contributed by atoms with Crippen molar-refractivity contribution in [1.82, 2.24) is 10.2 Å². The van der Waals surface area contributed by atoms with Gasteiger partial charge in [-0.2, -0.15) is 5.10 Å². The SMILES string of the molecule is CCc1[nH]nc(C(=O)Nc2cccc(N(C)C)c2)c1N. The van der Waals surface area contributed by atoms with Crippen molar-refractivity contribution in [3.05, 3.63) is 35.7 Å². The van der Waals surface area contributed by atoms with Gasteiger partial charge in [0.2, 0.25) is 0 Å². The lowest BCUT2D eigenvalue weighted by Gasteiger charge is -2.13. The van der Waals surface area contributed by atoms with Gasteiger partial charge in [0.25, 0.3) is 5.91 Å². The first kappa shape index (κ1) is 13.9. The fourth-order valence-electron chi connectivity index (χ4n) is 1.88. The molecule has 0 atom stereocenters. The molecule has 0 radical (unpaired) electrons. The second-order valence-electron chi connectivity index (χ2n) is 4.72. The zero-order valence-electron chi connectivity index (χ0n) is 11.9. The Labute approximate surface area is 118 Å². The van der Waals surface area contributed by atoms with Crippen LogP contribution >= 0.6 is 0 Å². The molecule has 1 aromatic heterocycles. The van der Waals surface area contributed by atoms with E-state index in [2.05, 4.69) is 15.5 Å². The van der Waals surface area contributed by atoms with Crippen molar-refractivity contribution in [3.63, 3.8) is 0 Å². The summed E-state index contributed by atoms with van der Waals surface area (Å²) in [5, 5.41) is 9.55. The van der Waals surface area contributed by atoms with Gasteiger partial charge in [-0.25, -0.2) is 0 Å². The molecular formula is C14H19N5O. The summed E-state index contributed by atoms with van der Waals surface area (Å²) in [6.07, 6.45) is 0.711. The van der Waals surface area contributed by atoms with Crippen molar-refractivity contribution in [1.29, 1.82) is 0 Å². The Morgan fingerprint density at radius 2 is 2.20 bits per heavy atom. The van der Waals surface area contributed by atoms with Crippen LogP contribution in [0.1, 0.15) is 23.1 Å². The number of hydrogen-bond acceptors (Lipinski definition) is 4. The third kappa shape index (κ3) is 2.74. The molecule has 0 bridgehead atoms. The molecule has 2 aromatic rings. The summed E-state index contributed by atoms with van der Waals surface area (Å²) in [7, 11) is 3.89. The summed E-state index contributed by atoms with van der Waals surface area (Å²) in [5.41, 5.74) is 9.02. The van der Waals surface area contributed by atoms with Crippen molar-refractivity contribution in [2.75, 3.05) is 30.0 Å². The summed E-state index contributed by atoms with van der Waals surface area (Å²) in [5.74, 6) is -0.311. The maximum atomic E-state index is 12.2. The highest BCUT2D eigenvalue weighted by molar-refractivity contribution is 6.06. The fraction of sp³-hybridized carbons (Fsp3) is 0.286. The topological polar surface area (TPSA) is 87.0 Å². The smallest absolute Gasteiger partial charge is 0.278 e. The molecule has 0 aliphatic rings. The first-order valence-corrected chi connectivity index (χ1v) is 6.44. The number of nitrogens with two attached hydrogens (primary N) is 1. The van der Waals surface area contributed by atoms with Gasteiger partial charge < -0.3 is 16.0 Å². The standard InChI is InChI=1S/C14H19N5O/c1-4-11-12(15)13(18-17-11)14(20)16-9-6-5-7-10(8-9)19(2)3/h5-8H,4,15H2,1-3H3,(H,16,20)(H,17,18). The third-order valence-electron chi connectivity index (χ3n) is 3.07. The van der Waals surface area contributed by atoms with E-state index >= 15 is 0 Å². The Morgan fingerprint density at radius 1 is 1.45 bits per heavy atom. The van der Waals surface area contributed by atoms with Crippen LogP contribution in [0.2, 0.25) is 0 Å². The molecule has 6 nitrogen and oxygen atoms in total.